The van der Waals surface area contributed by atoms with Gasteiger partial charge in [0.2, 0.25) is 0 Å². The Hall–Kier alpha value is -5.19. The summed E-state index contributed by atoms with van der Waals surface area (Å²) in [7, 11) is 0. The highest BCUT2D eigenvalue weighted by Crippen LogP contribution is 2.39. The second-order valence-corrected chi connectivity index (χ2v) is 10.9. The van der Waals surface area contributed by atoms with Crippen molar-refractivity contribution < 1.29 is 0 Å². The van der Waals surface area contributed by atoms with E-state index in [2.05, 4.69) is 76.5 Å². The first-order valence-corrected chi connectivity index (χ1v) is 14.4. The Morgan fingerprint density at radius 2 is 0.780 bits per heavy atom. The van der Waals surface area contributed by atoms with Gasteiger partial charge in [0.25, 0.3) is 0 Å². The molecule has 0 N–H and O–H groups in total. The van der Waals surface area contributed by atoms with Gasteiger partial charge in [-0.1, -0.05) is 72.8 Å². The molecule has 0 saturated heterocycles. The Morgan fingerprint density at radius 3 is 1.24 bits per heavy atom. The predicted molar refractivity (Wildman–Crippen MR) is 175 cm³/mol. The van der Waals surface area contributed by atoms with Crippen LogP contribution in [0, 0.1) is 0 Å². The summed E-state index contributed by atoms with van der Waals surface area (Å²) in [5.41, 5.74) is 6.24. The van der Waals surface area contributed by atoms with Gasteiger partial charge in [0, 0.05) is 54.3 Å². The molecule has 3 nitrogen and oxygen atoms in total. The first-order chi connectivity index (χ1) is 20.3. The van der Waals surface area contributed by atoms with Crippen LogP contribution in [0.2, 0.25) is 0 Å². The maximum atomic E-state index is 13.9. The molecule has 7 aromatic rings. The molecule has 7 rings (SSSR count). The number of benzene rings is 6. The maximum absolute atomic E-state index is 13.9. The molecule has 0 unspecified atom stereocenters. The number of fused-ring (bicyclic) bond motifs is 2. The number of hydrogen-bond donors (Lipinski definition) is 0. The van der Waals surface area contributed by atoms with Gasteiger partial charge in [-0.2, -0.15) is 0 Å². The van der Waals surface area contributed by atoms with E-state index >= 15 is 0 Å². The molecule has 0 fully saturated rings. The summed E-state index contributed by atoms with van der Waals surface area (Å²) in [6.07, 6.45) is 0. The first-order valence-electron chi connectivity index (χ1n) is 13.6. The van der Waals surface area contributed by atoms with Crippen molar-refractivity contribution in [3.8, 4) is 0 Å². The lowest BCUT2D eigenvalue weighted by Gasteiger charge is -2.26. The van der Waals surface area contributed by atoms with Crippen molar-refractivity contribution in [2.45, 2.75) is 0 Å². The van der Waals surface area contributed by atoms with Crippen LogP contribution in [0.5, 0.6) is 0 Å². The molecule has 1 aromatic heterocycles. The molecule has 4 heteroatoms. The van der Waals surface area contributed by atoms with E-state index < -0.39 is 0 Å². The number of anilines is 6. The maximum Gasteiger partial charge on any atom is 0.195 e. The molecule has 0 atom stereocenters. The van der Waals surface area contributed by atoms with Crippen LogP contribution in [0.15, 0.2) is 163 Å². The van der Waals surface area contributed by atoms with Crippen LogP contribution in [-0.4, -0.2) is 0 Å². The largest absolute Gasteiger partial charge is 0.310 e. The van der Waals surface area contributed by atoms with Gasteiger partial charge in [-0.15, -0.1) is 11.3 Å². The van der Waals surface area contributed by atoms with Gasteiger partial charge < -0.3 is 9.80 Å². The first kappa shape index (κ1) is 24.8. The Balaban J connectivity index is 1.37. The van der Waals surface area contributed by atoms with Gasteiger partial charge in [0.15, 0.2) is 5.43 Å². The zero-order valence-electron chi connectivity index (χ0n) is 22.2. The van der Waals surface area contributed by atoms with Crippen LogP contribution in [0.25, 0.3) is 20.2 Å². The highest BCUT2D eigenvalue weighted by Gasteiger charge is 2.17. The van der Waals surface area contributed by atoms with E-state index in [9.17, 15) is 4.79 Å². The monoisotopic (exact) mass is 546 g/mol. The normalized spacial score (nSPS) is 11.0. The summed E-state index contributed by atoms with van der Waals surface area (Å²) < 4.78 is 1.93. The fourth-order valence-corrected chi connectivity index (χ4v) is 6.40. The zero-order chi connectivity index (χ0) is 27.6. The smallest absolute Gasteiger partial charge is 0.195 e. The van der Waals surface area contributed by atoms with Gasteiger partial charge in [-0.25, -0.2) is 0 Å². The number of hydrogen-bond acceptors (Lipinski definition) is 4. The summed E-state index contributed by atoms with van der Waals surface area (Å²) in [5, 5.41) is 1.46. The highest BCUT2D eigenvalue weighted by molar-refractivity contribution is 7.24. The summed E-state index contributed by atoms with van der Waals surface area (Å²) in [4.78, 5) is 18.3. The molecule has 41 heavy (non-hydrogen) atoms. The molecule has 6 aromatic carbocycles. The molecule has 1 heterocycles. The van der Waals surface area contributed by atoms with Crippen LogP contribution in [0.4, 0.5) is 34.1 Å². The van der Waals surface area contributed by atoms with E-state index in [1.165, 1.54) is 0 Å². The third kappa shape index (κ3) is 4.75. The van der Waals surface area contributed by atoms with Crippen LogP contribution in [0.1, 0.15) is 0 Å². The topological polar surface area (TPSA) is 23.6 Å². The molecule has 0 aliphatic rings. The van der Waals surface area contributed by atoms with Gasteiger partial charge >= 0.3 is 0 Å². The van der Waals surface area contributed by atoms with Crippen LogP contribution in [-0.2, 0) is 0 Å². The Kier molecular flexibility index (Phi) is 6.51. The summed E-state index contributed by atoms with van der Waals surface area (Å²) in [6, 6.07) is 53.5. The molecule has 196 valence electrons. The minimum atomic E-state index is 0.0502. The third-order valence-electron chi connectivity index (χ3n) is 7.21. The fourth-order valence-electron chi connectivity index (χ4n) is 5.31. The van der Waals surface area contributed by atoms with E-state index in [1.807, 2.05) is 91.0 Å². The molecule has 0 bridgehead atoms. The van der Waals surface area contributed by atoms with Gasteiger partial charge in [-0.3, -0.25) is 4.79 Å². The van der Waals surface area contributed by atoms with Crippen LogP contribution < -0.4 is 15.2 Å². The predicted octanol–water partition coefficient (Wildman–Crippen LogP) is 10.4. The Morgan fingerprint density at radius 1 is 0.366 bits per heavy atom. The minimum absolute atomic E-state index is 0.0502. The van der Waals surface area contributed by atoms with Gasteiger partial charge in [0.05, 0.1) is 0 Å². The second kappa shape index (κ2) is 10.8. The van der Waals surface area contributed by atoms with Crippen molar-refractivity contribution in [3.05, 3.63) is 168 Å². The van der Waals surface area contributed by atoms with Gasteiger partial charge in [-0.05, 0) is 84.9 Å². The van der Waals surface area contributed by atoms with Crippen LogP contribution in [0.3, 0.4) is 0 Å². The quantitative estimate of drug-likeness (QED) is 0.194. The minimum Gasteiger partial charge on any atom is -0.310 e. The second-order valence-electron chi connectivity index (χ2n) is 9.81. The lowest BCUT2D eigenvalue weighted by atomic mass is 10.1. The standard InChI is InChI=1S/C37H26N2OS/c40-37-33-23-21-32(39(29-17-9-3-10-18-29)30-19-11-4-12-20-30)26-36(33)41-35-24-22-31(25-34(35)37)38(27-13-5-1-6-14-27)28-15-7-2-8-16-28/h1-26H. The van der Waals surface area contributed by atoms with Crippen molar-refractivity contribution in [2.24, 2.45) is 0 Å². The number of rotatable bonds is 6. The number of para-hydroxylation sites is 4. The lowest BCUT2D eigenvalue weighted by Crippen LogP contribution is -2.11. The number of nitrogens with zero attached hydrogens (tertiary/aromatic N) is 2. The molecule has 0 amide bonds. The third-order valence-corrected chi connectivity index (χ3v) is 8.35. The van der Waals surface area contributed by atoms with E-state index in [0.29, 0.717) is 0 Å². The van der Waals surface area contributed by atoms with Crippen molar-refractivity contribution in [1.82, 2.24) is 0 Å². The summed E-state index contributed by atoms with van der Waals surface area (Å²) >= 11 is 1.65. The molecule has 0 saturated carbocycles. The molecule has 0 spiro atoms. The molecule has 0 aliphatic heterocycles. The summed E-state index contributed by atoms with van der Waals surface area (Å²) in [5.74, 6) is 0. The van der Waals surface area contributed by atoms with Crippen molar-refractivity contribution in [1.29, 1.82) is 0 Å². The van der Waals surface area contributed by atoms with Gasteiger partial charge in [0.1, 0.15) is 0 Å². The average Bonchev–Trinajstić information content (AvgIpc) is 3.04. The van der Waals surface area contributed by atoms with Crippen molar-refractivity contribution in [3.63, 3.8) is 0 Å². The Labute approximate surface area is 242 Å². The highest BCUT2D eigenvalue weighted by atomic mass is 32.1. The fraction of sp³-hybridized carbons (Fsp3) is 0. The Bertz CT molecular complexity index is 1930. The average molecular weight is 547 g/mol. The van der Waals surface area contributed by atoms with Crippen LogP contribution >= 0.6 is 11.3 Å². The molecular formula is C37H26N2OS. The molecular weight excluding hydrogens is 520 g/mol. The summed E-state index contributed by atoms with van der Waals surface area (Å²) in [6.45, 7) is 0. The van der Waals surface area contributed by atoms with Crippen molar-refractivity contribution in [2.75, 3.05) is 9.80 Å². The van der Waals surface area contributed by atoms with E-state index in [1.54, 1.807) is 11.3 Å². The lowest BCUT2D eigenvalue weighted by molar-refractivity contribution is 1.29. The molecule has 0 aliphatic carbocycles. The van der Waals surface area contributed by atoms with E-state index in [-0.39, 0.29) is 5.43 Å². The SMILES string of the molecule is O=c1c2ccc(N(c3ccccc3)c3ccccc3)cc2sc2ccc(N(c3ccccc3)c3ccccc3)cc12. The van der Waals surface area contributed by atoms with Crippen molar-refractivity contribution >= 4 is 65.6 Å². The zero-order valence-corrected chi connectivity index (χ0v) is 23.0. The molecule has 0 radical (unpaired) electrons. The van der Waals surface area contributed by atoms with E-state index in [4.69, 9.17) is 0 Å². The van der Waals surface area contributed by atoms with E-state index in [0.717, 1.165) is 54.3 Å².